The van der Waals surface area contributed by atoms with Crippen LogP contribution in [0.2, 0.25) is 0 Å². The van der Waals surface area contributed by atoms with Gasteiger partial charge in [-0.3, -0.25) is 14.8 Å². The first-order valence-electron chi connectivity index (χ1n) is 7.85. The molecule has 120 valence electrons. The largest absolute Gasteiger partial charge is 0.339 e. The van der Waals surface area contributed by atoms with Crippen LogP contribution in [-0.2, 0) is 0 Å². The van der Waals surface area contributed by atoms with E-state index in [-0.39, 0.29) is 11.9 Å². The van der Waals surface area contributed by atoms with E-state index in [1.54, 1.807) is 24.5 Å². The van der Waals surface area contributed by atoms with E-state index in [2.05, 4.69) is 21.4 Å². The van der Waals surface area contributed by atoms with E-state index >= 15 is 0 Å². The van der Waals surface area contributed by atoms with Crippen molar-refractivity contribution in [1.82, 2.24) is 15.3 Å². The van der Waals surface area contributed by atoms with Crippen LogP contribution in [0.3, 0.4) is 0 Å². The van der Waals surface area contributed by atoms with Crippen molar-refractivity contribution in [2.24, 2.45) is 0 Å². The van der Waals surface area contributed by atoms with Gasteiger partial charge in [-0.05, 0) is 43.7 Å². The number of benzene rings is 1. The quantitative estimate of drug-likeness (QED) is 0.799. The van der Waals surface area contributed by atoms with Crippen molar-refractivity contribution in [3.63, 3.8) is 0 Å². The minimum absolute atomic E-state index is 0.155. The summed E-state index contributed by atoms with van der Waals surface area (Å²) in [5, 5.41) is 3.09. The summed E-state index contributed by atoms with van der Waals surface area (Å²) in [6.45, 7) is 3.86. The van der Waals surface area contributed by atoms with E-state index in [0.29, 0.717) is 11.3 Å². The lowest BCUT2D eigenvalue weighted by Crippen LogP contribution is -2.30. The number of nitrogens with one attached hydrogen (secondary N) is 1. The molecule has 0 saturated heterocycles. The summed E-state index contributed by atoms with van der Waals surface area (Å²) in [5.41, 5.74) is 4.23. The van der Waals surface area contributed by atoms with E-state index in [1.165, 1.54) is 0 Å². The summed E-state index contributed by atoms with van der Waals surface area (Å²) in [6.07, 6.45) is 3.42. The molecule has 2 aromatic heterocycles. The Balaban J connectivity index is 1.97. The van der Waals surface area contributed by atoms with Gasteiger partial charge in [-0.2, -0.15) is 0 Å². The van der Waals surface area contributed by atoms with E-state index in [1.807, 2.05) is 50.2 Å². The molecule has 0 aliphatic carbocycles. The van der Waals surface area contributed by atoms with Gasteiger partial charge in [-0.1, -0.05) is 35.9 Å². The highest BCUT2D eigenvalue weighted by Gasteiger charge is 2.20. The van der Waals surface area contributed by atoms with Gasteiger partial charge in [0.25, 0.3) is 5.91 Å². The molecule has 1 atom stereocenters. The molecular formula is C20H19N3O. The minimum Gasteiger partial charge on any atom is -0.339 e. The Morgan fingerprint density at radius 1 is 0.958 bits per heavy atom. The van der Waals surface area contributed by atoms with Gasteiger partial charge in [-0.15, -0.1) is 0 Å². The topological polar surface area (TPSA) is 54.9 Å². The van der Waals surface area contributed by atoms with Crippen molar-refractivity contribution >= 4 is 5.91 Å². The van der Waals surface area contributed by atoms with Gasteiger partial charge >= 0.3 is 0 Å². The van der Waals surface area contributed by atoms with Crippen LogP contribution in [0.5, 0.6) is 0 Å². The number of carbonyl (C=O) groups excluding carboxylic acids is 1. The zero-order chi connectivity index (χ0) is 16.9. The third-order valence-electron chi connectivity index (χ3n) is 3.89. The Morgan fingerprint density at radius 3 is 2.50 bits per heavy atom. The standard InChI is InChI=1S/C20H19N3O/c1-14-7-5-8-16(13-14)19(18-10-3-4-11-22-18)23-20(24)17-9-6-12-21-15(17)2/h3-13,19H,1-2H3,(H,23,24)/t19-/m0/s1. The van der Waals surface area contributed by atoms with Gasteiger partial charge in [0.15, 0.2) is 0 Å². The molecule has 4 heteroatoms. The second kappa shape index (κ2) is 7.04. The van der Waals surface area contributed by atoms with Gasteiger partial charge in [0.1, 0.15) is 0 Å². The normalized spacial score (nSPS) is 11.8. The SMILES string of the molecule is Cc1cccc([C@H](NC(=O)c2cccnc2C)c2ccccn2)c1. The molecule has 0 fully saturated rings. The molecule has 0 spiro atoms. The predicted molar refractivity (Wildman–Crippen MR) is 93.7 cm³/mol. The maximum atomic E-state index is 12.7. The maximum absolute atomic E-state index is 12.7. The zero-order valence-electron chi connectivity index (χ0n) is 13.7. The van der Waals surface area contributed by atoms with E-state index in [9.17, 15) is 4.79 Å². The molecule has 0 aliphatic heterocycles. The molecule has 3 aromatic rings. The number of aryl methyl sites for hydroxylation is 2. The van der Waals surface area contributed by atoms with Gasteiger partial charge in [0, 0.05) is 18.1 Å². The number of rotatable bonds is 4. The number of hydrogen-bond donors (Lipinski definition) is 1. The van der Waals surface area contributed by atoms with Crippen LogP contribution in [0.15, 0.2) is 67.0 Å². The lowest BCUT2D eigenvalue weighted by Gasteiger charge is -2.19. The Bertz CT molecular complexity index is 846. The molecule has 0 bridgehead atoms. The first-order chi connectivity index (χ1) is 11.6. The van der Waals surface area contributed by atoms with Crippen molar-refractivity contribution in [2.75, 3.05) is 0 Å². The third kappa shape index (κ3) is 3.49. The molecule has 2 heterocycles. The monoisotopic (exact) mass is 317 g/mol. The van der Waals surface area contributed by atoms with Gasteiger partial charge < -0.3 is 5.32 Å². The second-order valence-electron chi connectivity index (χ2n) is 5.71. The van der Waals surface area contributed by atoms with Gasteiger partial charge in [0.05, 0.1) is 17.3 Å². The molecule has 0 saturated carbocycles. The van der Waals surface area contributed by atoms with Crippen LogP contribution in [0, 0.1) is 13.8 Å². The first kappa shape index (κ1) is 15.9. The Labute approximate surface area is 141 Å². The number of aromatic nitrogens is 2. The molecular weight excluding hydrogens is 298 g/mol. The molecule has 24 heavy (non-hydrogen) atoms. The summed E-state index contributed by atoms with van der Waals surface area (Å²) >= 11 is 0. The summed E-state index contributed by atoms with van der Waals surface area (Å²) in [5.74, 6) is -0.155. The summed E-state index contributed by atoms with van der Waals surface area (Å²) < 4.78 is 0. The fourth-order valence-corrected chi connectivity index (χ4v) is 2.66. The number of hydrogen-bond acceptors (Lipinski definition) is 3. The van der Waals surface area contributed by atoms with Gasteiger partial charge in [-0.25, -0.2) is 0 Å². The Hall–Kier alpha value is -3.01. The predicted octanol–water partition coefficient (Wildman–Crippen LogP) is 3.61. The van der Waals surface area contributed by atoms with Gasteiger partial charge in [0.2, 0.25) is 0 Å². The zero-order valence-corrected chi connectivity index (χ0v) is 13.7. The van der Waals surface area contributed by atoms with Crippen LogP contribution >= 0.6 is 0 Å². The highest BCUT2D eigenvalue weighted by Crippen LogP contribution is 2.22. The fraction of sp³-hybridized carbons (Fsp3) is 0.150. The summed E-state index contributed by atoms with van der Waals surface area (Å²) in [6, 6.07) is 17.0. The highest BCUT2D eigenvalue weighted by atomic mass is 16.1. The lowest BCUT2D eigenvalue weighted by atomic mass is 10.0. The molecule has 0 unspecified atom stereocenters. The molecule has 0 radical (unpaired) electrons. The summed E-state index contributed by atoms with van der Waals surface area (Å²) in [7, 11) is 0. The Morgan fingerprint density at radius 2 is 1.79 bits per heavy atom. The molecule has 0 aliphatic rings. The average Bonchev–Trinajstić information content (AvgIpc) is 2.60. The van der Waals surface area contributed by atoms with Crippen molar-refractivity contribution in [1.29, 1.82) is 0 Å². The van der Waals surface area contributed by atoms with Crippen LogP contribution in [0.4, 0.5) is 0 Å². The second-order valence-corrected chi connectivity index (χ2v) is 5.71. The molecule has 4 nitrogen and oxygen atoms in total. The smallest absolute Gasteiger partial charge is 0.253 e. The van der Waals surface area contributed by atoms with Crippen LogP contribution < -0.4 is 5.32 Å². The van der Waals surface area contributed by atoms with Crippen LogP contribution in [0.25, 0.3) is 0 Å². The average molecular weight is 317 g/mol. The van der Waals surface area contributed by atoms with E-state index in [4.69, 9.17) is 0 Å². The number of pyridine rings is 2. The lowest BCUT2D eigenvalue weighted by molar-refractivity contribution is 0.0941. The number of nitrogens with zero attached hydrogens (tertiary/aromatic N) is 2. The number of amides is 1. The molecule has 1 aromatic carbocycles. The first-order valence-corrected chi connectivity index (χ1v) is 7.85. The van der Waals surface area contributed by atoms with E-state index < -0.39 is 0 Å². The molecule has 1 N–H and O–H groups in total. The maximum Gasteiger partial charge on any atom is 0.253 e. The third-order valence-corrected chi connectivity index (χ3v) is 3.89. The van der Waals surface area contributed by atoms with Crippen LogP contribution in [0.1, 0.15) is 38.9 Å². The van der Waals surface area contributed by atoms with Crippen molar-refractivity contribution in [3.8, 4) is 0 Å². The minimum atomic E-state index is -0.307. The fourth-order valence-electron chi connectivity index (χ4n) is 2.66. The van der Waals surface area contributed by atoms with Crippen molar-refractivity contribution in [3.05, 3.63) is 95.1 Å². The molecule has 3 rings (SSSR count). The van der Waals surface area contributed by atoms with Crippen molar-refractivity contribution in [2.45, 2.75) is 19.9 Å². The molecule has 1 amide bonds. The number of carbonyl (C=O) groups is 1. The summed E-state index contributed by atoms with van der Waals surface area (Å²) in [4.78, 5) is 21.3. The van der Waals surface area contributed by atoms with E-state index in [0.717, 1.165) is 16.8 Å². The van der Waals surface area contributed by atoms with Crippen LogP contribution in [-0.4, -0.2) is 15.9 Å². The van der Waals surface area contributed by atoms with Crippen molar-refractivity contribution < 1.29 is 4.79 Å². The Kier molecular flexibility index (Phi) is 4.66. The highest BCUT2D eigenvalue weighted by molar-refractivity contribution is 5.95.